The van der Waals surface area contributed by atoms with Crippen molar-refractivity contribution in [2.75, 3.05) is 0 Å². The van der Waals surface area contributed by atoms with Crippen molar-refractivity contribution in [2.24, 2.45) is 52.3 Å². The molecule has 0 bridgehead atoms. The Bertz CT molecular complexity index is 727. The molecule has 6 nitrogen and oxygen atoms in total. The second-order valence-corrected chi connectivity index (χ2v) is 12.8. The van der Waals surface area contributed by atoms with Crippen LogP contribution in [0.4, 0.5) is 0 Å². The SMILES string of the molecule is C[C@H](CCC[C@H](C)C(=O)O)[C@H]1CC[C@H]2[C@@H]3[C@H](O)C[C@H]4C[C@H](O)[C@@H](O)C[C@]4(C)[C@H]3C[C@H](O)[C@]12C. The molecule has 4 aliphatic carbocycles. The number of rotatable bonds is 6. The number of hydrogen-bond acceptors (Lipinski definition) is 5. The summed E-state index contributed by atoms with van der Waals surface area (Å²) in [4.78, 5) is 11.2. The largest absolute Gasteiger partial charge is 0.481 e. The molecule has 4 rings (SSSR count). The van der Waals surface area contributed by atoms with Gasteiger partial charge in [0.15, 0.2) is 0 Å². The number of hydrogen-bond donors (Lipinski definition) is 5. The predicted octanol–water partition coefficient (Wildman–Crippen LogP) is 3.45. The summed E-state index contributed by atoms with van der Waals surface area (Å²) in [6.07, 6.45) is 4.71. The van der Waals surface area contributed by atoms with Crippen molar-refractivity contribution in [2.45, 2.75) is 110 Å². The van der Waals surface area contributed by atoms with Gasteiger partial charge in [-0.3, -0.25) is 4.79 Å². The molecule has 0 radical (unpaired) electrons. The lowest BCUT2D eigenvalue weighted by Crippen LogP contribution is -2.63. The molecule has 5 N–H and O–H groups in total. The number of aliphatic carboxylic acids is 1. The lowest BCUT2D eigenvalue weighted by molar-refractivity contribution is -0.219. The van der Waals surface area contributed by atoms with Crippen molar-refractivity contribution in [3.05, 3.63) is 0 Å². The summed E-state index contributed by atoms with van der Waals surface area (Å²) in [7, 11) is 0. The van der Waals surface area contributed by atoms with Gasteiger partial charge < -0.3 is 25.5 Å². The molecule has 0 amide bonds. The maximum atomic E-state index is 11.6. The molecule has 0 unspecified atom stereocenters. The standard InChI is InChI=1S/C27H46O6/c1-14(6-5-7-15(2)25(32)33)17-8-9-18-24-19(12-23(31)27(17,18)4)26(3)13-22(30)20(28)10-16(26)11-21(24)29/h14-24,28-31H,5-13H2,1-4H3,(H,32,33)/t14-,15+,16-,17-,18+,19+,20+,21-,22+,23+,24+,26+,27-/m1/s1. The maximum Gasteiger partial charge on any atom is 0.306 e. The van der Waals surface area contributed by atoms with Gasteiger partial charge in [0.1, 0.15) is 0 Å². The first kappa shape index (κ1) is 25.4. The zero-order valence-corrected chi connectivity index (χ0v) is 20.9. The molecular formula is C27H46O6. The summed E-state index contributed by atoms with van der Waals surface area (Å²) in [5, 5.41) is 52.9. The Balaban J connectivity index is 1.52. The van der Waals surface area contributed by atoms with Gasteiger partial charge in [-0.05, 0) is 91.3 Å². The van der Waals surface area contributed by atoms with Gasteiger partial charge in [-0.1, -0.05) is 40.5 Å². The molecule has 0 aromatic heterocycles. The van der Waals surface area contributed by atoms with Crippen molar-refractivity contribution in [3.8, 4) is 0 Å². The Labute approximate surface area is 198 Å². The molecule has 33 heavy (non-hydrogen) atoms. The fraction of sp³-hybridized carbons (Fsp3) is 0.963. The lowest BCUT2D eigenvalue weighted by Gasteiger charge is -2.64. The van der Waals surface area contributed by atoms with Gasteiger partial charge in [-0.15, -0.1) is 0 Å². The minimum atomic E-state index is -0.734. The number of aliphatic hydroxyl groups is 4. The van der Waals surface area contributed by atoms with Crippen LogP contribution in [0.3, 0.4) is 0 Å². The van der Waals surface area contributed by atoms with E-state index in [2.05, 4.69) is 20.8 Å². The number of carbonyl (C=O) groups is 1. The summed E-state index contributed by atoms with van der Waals surface area (Å²) in [5.74, 6) is 0.448. The lowest BCUT2D eigenvalue weighted by atomic mass is 9.43. The Morgan fingerprint density at radius 1 is 0.909 bits per heavy atom. The number of aliphatic hydroxyl groups excluding tert-OH is 4. The Hall–Kier alpha value is -0.690. The van der Waals surface area contributed by atoms with Crippen LogP contribution in [0.15, 0.2) is 0 Å². The highest BCUT2D eigenvalue weighted by atomic mass is 16.4. The van der Waals surface area contributed by atoms with Crippen molar-refractivity contribution in [1.29, 1.82) is 0 Å². The van der Waals surface area contributed by atoms with E-state index in [1.165, 1.54) is 0 Å². The predicted molar refractivity (Wildman–Crippen MR) is 125 cm³/mol. The molecule has 4 aliphatic rings. The normalized spacial score (nSPS) is 51.2. The van der Waals surface area contributed by atoms with Gasteiger partial charge in [-0.25, -0.2) is 0 Å². The van der Waals surface area contributed by atoms with Crippen LogP contribution in [0.1, 0.15) is 85.5 Å². The summed E-state index contributed by atoms with van der Waals surface area (Å²) < 4.78 is 0. The Morgan fingerprint density at radius 2 is 1.58 bits per heavy atom. The fourth-order valence-electron chi connectivity index (χ4n) is 9.24. The van der Waals surface area contributed by atoms with Crippen LogP contribution in [0.5, 0.6) is 0 Å². The number of carboxylic acids is 1. The molecule has 0 heterocycles. The average Bonchev–Trinajstić information content (AvgIpc) is 3.09. The van der Waals surface area contributed by atoms with E-state index in [1.54, 1.807) is 6.92 Å². The van der Waals surface area contributed by atoms with Crippen LogP contribution >= 0.6 is 0 Å². The van der Waals surface area contributed by atoms with Crippen molar-refractivity contribution < 1.29 is 30.3 Å². The Kier molecular flexibility index (Phi) is 6.98. The first-order valence-electron chi connectivity index (χ1n) is 13.4. The molecule has 13 atom stereocenters. The summed E-state index contributed by atoms with van der Waals surface area (Å²) in [5.41, 5.74) is -0.405. The van der Waals surface area contributed by atoms with E-state index in [-0.39, 0.29) is 40.4 Å². The van der Waals surface area contributed by atoms with Crippen LogP contribution < -0.4 is 0 Å². The Morgan fingerprint density at radius 3 is 2.24 bits per heavy atom. The van der Waals surface area contributed by atoms with E-state index in [1.807, 2.05) is 0 Å². The van der Waals surface area contributed by atoms with E-state index in [9.17, 15) is 30.3 Å². The fourth-order valence-corrected chi connectivity index (χ4v) is 9.24. The molecule has 190 valence electrons. The molecule has 6 heteroatoms. The van der Waals surface area contributed by atoms with Gasteiger partial charge in [0, 0.05) is 0 Å². The third-order valence-electron chi connectivity index (χ3n) is 11.3. The van der Waals surface area contributed by atoms with Crippen molar-refractivity contribution in [1.82, 2.24) is 0 Å². The summed E-state index contributed by atoms with van der Waals surface area (Å²) >= 11 is 0. The van der Waals surface area contributed by atoms with Crippen LogP contribution in [-0.4, -0.2) is 55.9 Å². The minimum absolute atomic E-state index is 0.131. The quantitative estimate of drug-likeness (QED) is 0.409. The first-order valence-corrected chi connectivity index (χ1v) is 13.4. The van der Waals surface area contributed by atoms with E-state index < -0.39 is 30.4 Å². The van der Waals surface area contributed by atoms with E-state index in [4.69, 9.17) is 0 Å². The van der Waals surface area contributed by atoms with Crippen molar-refractivity contribution >= 4 is 5.97 Å². The van der Waals surface area contributed by atoms with Gasteiger partial charge in [-0.2, -0.15) is 0 Å². The molecule has 0 aromatic rings. The highest BCUT2D eigenvalue weighted by Crippen LogP contribution is 2.68. The first-order chi connectivity index (χ1) is 15.4. The van der Waals surface area contributed by atoms with Crippen LogP contribution in [0.25, 0.3) is 0 Å². The van der Waals surface area contributed by atoms with Crippen LogP contribution in [0, 0.1) is 52.3 Å². The third kappa shape index (κ3) is 4.07. The molecule has 0 aromatic carbocycles. The topological polar surface area (TPSA) is 118 Å². The van der Waals surface area contributed by atoms with E-state index in [0.29, 0.717) is 43.9 Å². The van der Waals surface area contributed by atoms with E-state index in [0.717, 1.165) is 25.7 Å². The molecule has 4 fully saturated rings. The van der Waals surface area contributed by atoms with Gasteiger partial charge >= 0.3 is 5.97 Å². The maximum absolute atomic E-state index is 11.6. The van der Waals surface area contributed by atoms with E-state index >= 15 is 0 Å². The zero-order chi connectivity index (χ0) is 24.3. The van der Waals surface area contributed by atoms with Gasteiger partial charge in [0.2, 0.25) is 0 Å². The second kappa shape index (κ2) is 9.07. The van der Waals surface area contributed by atoms with Crippen LogP contribution in [-0.2, 0) is 4.79 Å². The third-order valence-corrected chi connectivity index (χ3v) is 11.3. The molecule has 4 saturated carbocycles. The monoisotopic (exact) mass is 466 g/mol. The zero-order valence-electron chi connectivity index (χ0n) is 20.9. The molecule has 0 saturated heterocycles. The average molecular weight is 467 g/mol. The molecule has 0 aliphatic heterocycles. The minimum Gasteiger partial charge on any atom is -0.481 e. The van der Waals surface area contributed by atoms with Gasteiger partial charge in [0.25, 0.3) is 0 Å². The number of fused-ring (bicyclic) bond motifs is 5. The summed E-state index contributed by atoms with van der Waals surface area (Å²) in [6.45, 7) is 8.50. The summed E-state index contributed by atoms with van der Waals surface area (Å²) in [6, 6.07) is 0. The highest BCUT2D eigenvalue weighted by Gasteiger charge is 2.66. The number of carboxylic acid groups (broad SMARTS) is 1. The smallest absolute Gasteiger partial charge is 0.306 e. The van der Waals surface area contributed by atoms with Gasteiger partial charge in [0.05, 0.1) is 30.3 Å². The van der Waals surface area contributed by atoms with Crippen LogP contribution in [0.2, 0.25) is 0 Å². The second-order valence-electron chi connectivity index (χ2n) is 12.8. The molecule has 0 spiro atoms. The highest BCUT2D eigenvalue weighted by molar-refractivity contribution is 5.69. The molecular weight excluding hydrogens is 420 g/mol. The van der Waals surface area contributed by atoms with Crippen molar-refractivity contribution in [3.63, 3.8) is 0 Å².